The van der Waals surface area contributed by atoms with Crippen LogP contribution in [0.15, 0.2) is 47.9 Å². The standard InChI is InChI=1S/C20H20O3S/c21-19(13-12-18-7-4-14-24-18)15-8-10-17(11-9-15)23-20(22)16-5-2-1-3-6-16/h4,7-14,16H,1-3,5-6H2/b13-12+. The highest BCUT2D eigenvalue weighted by atomic mass is 32.1. The second-order valence-corrected chi connectivity index (χ2v) is 6.97. The zero-order chi connectivity index (χ0) is 16.8. The number of rotatable bonds is 5. The third-order valence-corrected chi connectivity index (χ3v) is 5.08. The van der Waals surface area contributed by atoms with Crippen molar-refractivity contribution in [2.24, 2.45) is 5.92 Å². The molecular weight excluding hydrogens is 320 g/mol. The fourth-order valence-electron chi connectivity index (χ4n) is 2.87. The predicted octanol–water partition coefficient (Wildman–Crippen LogP) is 5.13. The molecule has 0 unspecified atom stereocenters. The molecule has 0 spiro atoms. The maximum atomic E-state index is 12.1. The molecule has 1 aromatic heterocycles. The van der Waals surface area contributed by atoms with E-state index in [0.717, 1.165) is 30.6 Å². The molecule has 1 aliphatic rings. The second kappa shape index (κ2) is 8.06. The van der Waals surface area contributed by atoms with Crippen LogP contribution in [0.4, 0.5) is 0 Å². The van der Waals surface area contributed by atoms with E-state index >= 15 is 0 Å². The monoisotopic (exact) mass is 340 g/mol. The van der Waals surface area contributed by atoms with Crippen LogP contribution in [0.1, 0.15) is 47.3 Å². The van der Waals surface area contributed by atoms with Crippen LogP contribution in [0.25, 0.3) is 6.08 Å². The normalized spacial score (nSPS) is 15.5. The Morgan fingerprint density at radius 1 is 1.04 bits per heavy atom. The molecule has 2 aromatic rings. The molecule has 0 bridgehead atoms. The van der Waals surface area contributed by atoms with Crippen molar-refractivity contribution in [1.29, 1.82) is 0 Å². The minimum absolute atomic E-state index is 0.0220. The van der Waals surface area contributed by atoms with Gasteiger partial charge in [0.1, 0.15) is 5.75 Å². The minimum Gasteiger partial charge on any atom is -0.426 e. The Hall–Kier alpha value is -2.20. The van der Waals surface area contributed by atoms with E-state index in [2.05, 4.69) is 0 Å². The molecular formula is C20H20O3S. The Labute approximate surface area is 146 Å². The van der Waals surface area contributed by atoms with E-state index in [-0.39, 0.29) is 17.7 Å². The van der Waals surface area contributed by atoms with Crippen LogP contribution in [0.2, 0.25) is 0 Å². The molecule has 0 radical (unpaired) electrons. The van der Waals surface area contributed by atoms with Crippen LogP contribution in [0, 0.1) is 5.92 Å². The van der Waals surface area contributed by atoms with Gasteiger partial charge in [0.15, 0.2) is 5.78 Å². The van der Waals surface area contributed by atoms with Crippen LogP contribution in [0.3, 0.4) is 0 Å². The van der Waals surface area contributed by atoms with Crippen LogP contribution < -0.4 is 4.74 Å². The first-order chi connectivity index (χ1) is 11.7. The summed E-state index contributed by atoms with van der Waals surface area (Å²) < 4.78 is 5.44. The van der Waals surface area contributed by atoms with Gasteiger partial charge in [-0.15, -0.1) is 11.3 Å². The largest absolute Gasteiger partial charge is 0.426 e. The number of benzene rings is 1. The SMILES string of the molecule is O=C(/C=C/c1cccs1)c1ccc(OC(=O)C2CCCCC2)cc1. The lowest BCUT2D eigenvalue weighted by Crippen LogP contribution is -2.22. The molecule has 24 heavy (non-hydrogen) atoms. The highest BCUT2D eigenvalue weighted by Gasteiger charge is 2.22. The maximum Gasteiger partial charge on any atom is 0.314 e. The van der Waals surface area contributed by atoms with Crippen molar-refractivity contribution in [1.82, 2.24) is 0 Å². The third-order valence-electron chi connectivity index (χ3n) is 4.24. The predicted molar refractivity (Wildman–Crippen MR) is 96.3 cm³/mol. The van der Waals surface area contributed by atoms with Gasteiger partial charge in [0.05, 0.1) is 5.92 Å². The van der Waals surface area contributed by atoms with E-state index in [1.54, 1.807) is 41.7 Å². The fourth-order valence-corrected chi connectivity index (χ4v) is 3.48. The number of hydrogen-bond donors (Lipinski definition) is 0. The van der Waals surface area contributed by atoms with Gasteiger partial charge in [0.25, 0.3) is 0 Å². The van der Waals surface area contributed by atoms with Gasteiger partial charge in [-0.25, -0.2) is 0 Å². The summed E-state index contributed by atoms with van der Waals surface area (Å²) in [6.45, 7) is 0. The highest BCUT2D eigenvalue weighted by Crippen LogP contribution is 2.25. The van der Waals surface area contributed by atoms with E-state index in [1.165, 1.54) is 6.42 Å². The highest BCUT2D eigenvalue weighted by molar-refractivity contribution is 7.10. The summed E-state index contributed by atoms with van der Waals surface area (Å²) in [5, 5.41) is 1.97. The molecule has 1 fully saturated rings. The van der Waals surface area contributed by atoms with Crippen molar-refractivity contribution in [2.75, 3.05) is 0 Å². The number of ether oxygens (including phenoxy) is 1. The van der Waals surface area contributed by atoms with E-state index < -0.39 is 0 Å². The number of ketones is 1. The molecule has 0 saturated heterocycles. The van der Waals surface area contributed by atoms with Gasteiger partial charge in [-0.2, -0.15) is 0 Å². The molecule has 124 valence electrons. The van der Waals surface area contributed by atoms with Crippen molar-refractivity contribution in [3.8, 4) is 5.75 Å². The summed E-state index contributed by atoms with van der Waals surface area (Å²) in [4.78, 5) is 25.3. The Morgan fingerprint density at radius 2 is 1.79 bits per heavy atom. The Bertz CT molecular complexity index is 708. The minimum atomic E-state index is -0.147. The van der Waals surface area contributed by atoms with E-state index in [9.17, 15) is 9.59 Å². The van der Waals surface area contributed by atoms with Crippen LogP contribution in [0.5, 0.6) is 5.75 Å². The number of thiophene rings is 1. The molecule has 0 aliphatic heterocycles. The molecule has 0 amide bonds. The molecule has 1 saturated carbocycles. The average Bonchev–Trinajstić information content (AvgIpc) is 3.14. The van der Waals surface area contributed by atoms with Gasteiger partial charge in [-0.1, -0.05) is 25.3 Å². The van der Waals surface area contributed by atoms with E-state index in [1.807, 2.05) is 23.6 Å². The molecule has 3 nitrogen and oxygen atoms in total. The molecule has 0 N–H and O–H groups in total. The Morgan fingerprint density at radius 3 is 2.46 bits per heavy atom. The van der Waals surface area contributed by atoms with Crippen LogP contribution in [-0.4, -0.2) is 11.8 Å². The lowest BCUT2D eigenvalue weighted by atomic mass is 9.89. The number of carbonyl (C=O) groups is 2. The van der Waals surface area contributed by atoms with Gasteiger partial charge >= 0.3 is 5.97 Å². The lowest BCUT2D eigenvalue weighted by molar-refractivity contribution is -0.139. The summed E-state index contributed by atoms with van der Waals surface area (Å²) in [6, 6.07) is 10.7. The maximum absolute atomic E-state index is 12.1. The van der Waals surface area contributed by atoms with Crippen molar-refractivity contribution in [3.05, 3.63) is 58.3 Å². The van der Waals surface area contributed by atoms with Crippen molar-refractivity contribution in [3.63, 3.8) is 0 Å². The number of allylic oxidation sites excluding steroid dienone is 1. The lowest BCUT2D eigenvalue weighted by Gasteiger charge is -2.19. The van der Waals surface area contributed by atoms with Crippen molar-refractivity contribution < 1.29 is 14.3 Å². The summed E-state index contributed by atoms with van der Waals surface area (Å²) in [7, 11) is 0. The molecule has 1 aliphatic carbocycles. The smallest absolute Gasteiger partial charge is 0.314 e. The van der Waals surface area contributed by atoms with Gasteiger partial charge in [0.2, 0.25) is 0 Å². The Balaban J connectivity index is 1.58. The second-order valence-electron chi connectivity index (χ2n) is 5.99. The van der Waals surface area contributed by atoms with Crippen molar-refractivity contribution in [2.45, 2.75) is 32.1 Å². The number of carbonyl (C=O) groups excluding carboxylic acids is 2. The Kier molecular flexibility index (Phi) is 5.59. The van der Waals surface area contributed by atoms with Gasteiger partial charge < -0.3 is 4.74 Å². The summed E-state index contributed by atoms with van der Waals surface area (Å²) in [5.41, 5.74) is 0.584. The molecule has 0 atom stereocenters. The first-order valence-electron chi connectivity index (χ1n) is 8.30. The average molecular weight is 340 g/mol. The fraction of sp³-hybridized carbons (Fsp3) is 0.300. The zero-order valence-corrected chi connectivity index (χ0v) is 14.3. The number of hydrogen-bond acceptors (Lipinski definition) is 4. The molecule has 1 heterocycles. The van der Waals surface area contributed by atoms with Gasteiger partial charge in [-0.05, 0) is 60.7 Å². The zero-order valence-electron chi connectivity index (χ0n) is 13.4. The van der Waals surface area contributed by atoms with Gasteiger partial charge in [-0.3, -0.25) is 9.59 Å². The van der Waals surface area contributed by atoms with Crippen LogP contribution >= 0.6 is 11.3 Å². The van der Waals surface area contributed by atoms with E-state index in [4.69, 9.17) is 4.74 Å². The first-order valence-corrected chi connectivity index (χ1v) is 9.18. The first kappa shape index (κ1) is 16.7. The number of esters is 1. The van der Waals surface area contributed by atoms with Gasteiger partial charge in [0, 0.05) is 10.4 Å². The van der Waals surface area contributed by atoms with Crippen molar-refractivity contribution >= 4 is 29.2 Å². The molecule has 1 aromatic carbocycles. The quantitative estimate of drug-likeness (QED) is 0.328. The third kappa shape index (κ3) is 4.42. The van der Waals surface area contributed by atoms with Crippen LogP contribution in [-0.2, 0) is 4.79 Å². The summed E-state index contributed by atoms with van der Waals surface area (Å²) in [5.74, 6) is 0.318. The topological polar surface area (TPSA) is 43.4 Å². The summed E-state index contributed by atoms with van der Waals surface area (Å²) >= 11 is 1.59. The van der Waals surface area contributed by atoms with E-state index in [0.29, 0.717) is 11.3 Å². The summed E-state index contributed by atoms with van der Waals surface area (Å²) in [6.07, 6.45) is 8.62. The molecule has 4 heteroatoms. The molecule has 3 rings (SSSR count).